The van der Waals surface area contributed by atoms with Crippen LogP contribution in [0.15, 0.2) is 35.3 Å². The van der Waals surface area contributed by atoms with E-state index >= 15 is 0 Å². The molecule has 0 atom stereocenters. The van der Waals surface area contributed by atoms with E-state index in [4.69, 9.17) is 4.99 Å². The van der Waals surface area contributed by atoms with Crippen LogP contribution in [0, 0.1) is 0 Å². The number of hydrogen-bond donors (Lipinski definition) is 1. The number of rotatable bonds is 6. The molecule has 0 aromatic heterocycles. The van der Waals surface area contributed by atoms with Gasteiger partial charge >= 0.3 is 0 Å². The van der Waals surface area contributed by atoms with Gasteiger partial charge in [-0.2, -0.15) is 0 Å². The van der Waals surface area contributed by atoms with Crippen molar-refractivity contribution in [2.24, 2.45) is 4.99 Å². The molecule has 2 heterocycles. The molecule has 0 bridgehead atoms. The van der Waals surface area contributed by atoms with Crippen LogP contribution < -0.4 is 5.32 Å². The quantitative estimate of drug-likeness (QED) is 0.393. The van der Waals surface area contributed by atoms with Gasteiger partial charge in [0.2, 0.25) is 0 Å². The van der Waals surface area contributed by atoms with Gasteiger partial charge in [-0.25, -0.2) is 0 Å². The largest absolute Gasteiger partial charge is 0.357 e. The Morgan fingerprint density at radius 1 is 0.962 bits per heavy atom. The molecule has 146 valence electrons. The van der Waals surface area contributed by atoms with Gasteiger partial charge in [0.25, 0.3) is 0 Å². The molecule has 0 unspecified atom stereocenters. The molecule has 5 nitrogen and oxygen atoms in total. The van der Waals surface area contributed by atoms with E-state index in [-0.39, 0.29) is 24.0 Å². The van der Waals surface area contributed by atoms with Gasteiger partial charge in [-0.3, -0.25) is 14.8 Å². The fourth-order valence-corrected chi connectivity index (χ4v) is 3.66. The molecular weight excluding hydrogens is 437 g/mol. The first-order valence-electron chi connectivity index (χ1n) is 9.87. The zero-order valence-corrected chi connectivity index (χ0v) is 18.4. The van der Waals surface area contributed by atoms with Gasteiger partial charge < -0.3 is 10.2 Å². The lowest BCUT2D eigenvalue weighted by atomic mass is 10.2. The molecule has 2 saturated heterocycles. The van der Waals surface area contributed by atoms with Crippen LogP contribution in [0.25, 0.3) is 0 Å². The summed E-state index contributed by atoms with van der Waals surface area (Å²) in [6.45, 7) is 13.1. The summed E-state index contributed by atoms with van der Waals surface area (Å²) in [5.74, 6) is 1.11. The van der Waals surface area contributed by atoms with Crippen LogP contribution in [0.4, 0.5) is 0 Å². The number of hydrogen-bond acceptors (Lipinski definition) is 3. The molecule has 0 radical (unpaired) electrons. The van der Waals surface area contributed by atoms with Gasteiger partial charge in [0, 0.05) is 58.9 Å². The molecule has 3 rings (SSSR count). The fraction of sp³-hybridized carbons (Fsp3) is 0.650. The van der Waals surface area contributed by atoms with E-state index < -0.39 is 0 Å². The van der Waals surface area contributed by atoms with Crippen molar-refractivity contribution in [3.05, 3.63) is 35.9 Å². The van der Waals surface area contributed by atoms with Gasteiger partial charge in [0.05, 0.1) is 6.54 Å². The number of aliphatic imine (C=N–C) groups is 1. The van der Waals surface area contributed by atoms with Crippen LogP contribution in [0.2, 0.25) is 0 Å². The second-order valence-corrected chi connectivity index (χ2v) is 7.03. The first-order chi connectivity index (χ1) is 12.3. The minimum absolute atomic E-state index is 0. The van der Waals surface area contributed by atoms with Crippen molar-refractivity contribution < 1.29 is 0 Å². The molecule has 2 aliphatic heterocycles. The highest BCUT2D eigenvalue weighted by Gasteiger charge is 2.18. The number of benzene rings is 1. The Morgan fingerprint density at radius 3 is 2.27 bits per heavy atom. The van der Waals surface area contributed by atoms with E-state index in [0.717, 1.165) is 71.4 Å². The zero-order chi connectivity index (χ0) is 17.3. The molecule has 2 fully saturated rings. The Hall–Kier alpha value is -0.860. The predicted octanol–water partition coefficient (Wildman–Crippen LogP) is 2.48. The van der Waals surface area contributed by atoms with Crippen molar-refractivity contribution in [1.29, 1.82) is 0 Å². The van der Waals surface area contributed by atoms with E-state index in [9.17, 15) is 0 Å². The van der Waals surface area contributed by atoms with E-state index in [0.29, 0.717) is 0 Å². The predicted molar refractivity (Wildman–Crippen MR) is 120 cm³/mol. The van der Waals surface area contributed by atoms with E-state index in [1.54, 1.807) is 0 Å². The summed E-state index contributed by atoms with van der Waals surface area (Å²) in [6.07, 6.45) is 2.60. The molecule has 6 heteroatoms. The highest BCUT2D eigenvalue weighted by molar-refractivity contribution is 14.0. The Labute approximate surface area is 175 Å². The first-order valence-corrected chi connectivity index (χ1v) is 9.87. The van der Waals surface area contributed by atoms with Crippen molar-refractivity contribution in [3.8, 4) is 0 Å². The van der Waals surface area contributed by atoms with Gasteiger partial charge in [-0.05, 0) is 25.3 Å². The third kappa shape index (κ3) is 6.70. The van der Waals surface area contributed by atoms with Crippen LogP contribution in [0.5, 0.6) is 0 Å². The molecule has 0 amide bonds. The summed E-state index contributed by atoms with van der Waals surface area (Å²) in [5, 5.41) is 3.45. The maximum Gasteiger partial charge on any atom is 0.193 e. The summed E-state index contributed by atoms with van der Waals surface area (Å²) in [5.41, 5.74) is 1.42. The smallest absolute Gasteiger partial charge is 0.193 e. The summed E-state index contributed by atoms with van der Waals surface area (Å²) in [6, 6.07) is 10.8. The normalized spacial score (nSPS) is 19.4. The topological polar surface area (TPSA) is 34.1 Å². The van der Waals surface area contributed by atoms with Gasteiger partial charge in [0.15, 0.2) is 5.96 Å². The number of guanidine groups is 1. The second-order valence-electron chi connectivity index (χ2n) is 7.03. The molecular formula is C20H34IN5. The molecule has 1 aromatic rings. The number of halogens is 1. The lowest BCUT2D eigenvalue weighted by Crippen LogP contribution is -2.47. The summed E-state index contributed by atoms with van der Waals surface area (Å²) in [4.78, 5) is 12.4. The Morgan fingerprint density at radius 2 is 1.62 bits per heavy atom. The Balaban J connectivity index is 0.00000243. The van der Waals surface area contributed by atoms with Gasteiger partial charge in [-0.15, -0.1) is 24.0 Å². The van der Waals surface area contributed by atoms with Gasteiger partial charge in [0.1, 0.15) is 0 Å². The number of piperazine rings is 1. The third-order valence-electron chi connectivity index (χ3n) is 5.13. The van der Waals surface area contributed by atoms with E-state index in [2.05, 4.69) is 57.3 Å². The van der Waals surface area contributed by atoms with E-state index in [1.165, 1.54) is 18.4 Å². The maximum absolute atomic E-state index is 4.85. The van der Waals surface area contributed by atoms with Crippen molar-refractivity contribution in [2.45, 2.75) is 26.3 Å². The number of nitrogens with one attached hydrogen (secondary N) is 1. The fourth-order valence-electron chi connectivity index (χ4n) is 3.66. The van der Waals surface area contributed by atoms with Crippen LogP contribution in [0.1, 0.15) is 25.3 Å². The monoisotopic (exact) mass is 471 g/mol. The van der Waals surface area contributed by atoms with Crippen molar-refractivity contribution in [1.82, 2.24) is 20.0 Å². The van der Waals surface area contributed by atoms with Crippen LogP contribution in [-0.2, 0) is 6.54 Å². The summed E-state index contributed by atoms with van der Waals surface area (Å²) >= 11 is 0. The average Bonchev–Trinajstić information content (AvgIpc) is 3.18. The number of likely N-dealkylation sites (tertiary alicyclic amines) is 1. The molecule has 26 heavy (non-hydrogen) atoms. The lowest BCUT2D eigenvalue weighted by molar-refractivity contribution is 0.130. The highest BCUT2D eigenvalue weighted by atomic mass is 127. The summed E-state index contributed by atoms with van der Waals surface area (Å²) < 4.78 is 0. The lowest BCUT2D eigenvalue weighted by Gasteiger charge is -2.34. The van der Waals surface area contributed by atoms with Crippen molar-refractivity contribution >= 4 is 29.9 Å². The van der Waals surface area contributed by atoms with Crippen molar-refractivity contribution in [3.63, 3.8) is 0 Å². The molecule has 1 N–H and O–H groups in total. The summed E-state index contributed by atoms with van der Waals surface area (Å²) in [7, 11) is 0. The van der Waals surface area contributed by atoms with Gasteiger partial charge in [-0.1, -0.05) is 30.3 Å². The average molecular weight is 471 g/mol. The Kier molecular flexibility index (Phi) is 9.71. The van der Waals surface area contributed by atoms with Crippen molar-refractivity contribution in [2.75, 3.05) is 58.9 Å². The molecule has 1 aromatic carbocycles. The molecule has 0 spiro atoms. The van der Waals surface area contributed by atoms with Crippen LogP contribution >= 0.6 is 24.0 Å². The van der Waals surface area contributed by atoms with E-state index in [1.807, 2.05) is 0 Å². The molecule has 0 aliphatic carbocycles. The highest BCUT2D eigenvalue weighted by Crippen LogP contribution is 2.09. The minimum atomic E-state index is 0. The Bertz CT molecular complexity index is 522. The zero-order valence-electron chi connectivity index (χ0n) is 16.1. The number of nitrogens with zero attached hydrogens (tertiary/aromatic N) is 4. The standard InChI is InChI=1S/C20H33N5.HI/c1-2-21-20(25-11-6-7-12-25)22-10-13-23-14-16-24(17-15-23)18-19-8-4-3-5-9-19;/h3-5,8-9H,2,6-7,10-18H2,1H3,(H,21,22);1H. The minimum Gasteiger partial charge on any atom is -0.357 e. The van der Waals surface area contributed by atoms with Crippen LogP contribution in [0.3, 0.4) is 0 Å². The SMILES string of the molecule is CCNC(=NCCN1CCN(Cc2ccccc2)CC1)N1CCCC1.I. The second kappa shape index (κ2) is 11.8. The van der Waals surface area contributed by atoms with Crippen LogP contribution in [-0.4, -0.2) is 79.6 Å². The molecule has 2 aliphatic rings. The molecule has 0 saturated carbocycles. The first kappa shape index (κ1) is 21.4. The third-order valence-corrected chi connectivity index (χ3v) is 5.13. The maximum atomic E-state index is 4.85.